The zero-order valence-electron chi connectivity index (χ0n) is 14.0. The predicted molar refractivity (Wildman–Crippen MR) is 94.8 cm³/mol. The van der Waals surface area contributed by atoms with Gasteiger partial charge in [0.05, 0.1) is 5.39 Å². The van der Waals surface area contributed by atoms with E-state index in [2.05, 4.69) is 47.9 Å². The smallest absolute Gasteiger partial charge is 0.138 e. The molecule has 1 N–H and O–H groups in total. The van der Waals surface area contributed by atoms with Gasteiger partial charge >= 0.3 is 0 Å². The first-order valence-electron chi connectivity index (χ1n) is 8.25. The number of aromatic nitrogens is 2. The van der Waals surface area contributed by atoms with Crippen molar-refractivity contribution in [1.29, 1.82) is 0 Å². The van der Waals surface area contributed by atoms with Crippen molar-refractivity contribution >= 4 is 27.4 Å². The van der Waals surface area contributed by atoms with Gasteiger partial charge in [-0.2, -0.15) is 0 Å². The van der Waals surface area contributed by atoms with Crippen LogP contribution in [0.3, 0.4) is 0 Å². The van der Waals surface area contributed by atoms with Gasteiger partial charge in [0.1, 0.15) is 17.0 Å². The maximum atomic E-state index is 4.48. The van der Waals surface area contributed by atoms with Gasteiger partial charge in [-0.15, -0.1) is 11.3 Å². The number of aryl methyl sites for hydroxylation is 2. The minimum Gasteiger partial charge on any atom is -0.368 e. The van der Waals surface area contributed by atoms with Gasteiger partial charge in [0, 0.05) is 24.0 Å². The second-order valence-corrected chi connectivity index (χ2v) is 7.86. The Morgan fingerprint density at radius 2 is 2.23 bits per heavy atom. The molecular formula is C17H26N4S. The fourth-order valence-corrected chi connectivity index (χ4v) is 4.31. The molecule has 2 atom stereocenters. The largest absolute Gasteiger partial charge is 0.368 e. The van der Waals surface area contributed by atoms with Gasteiger partial charge in [0.25, 0.3) is 0 Å². The Hall–Kier alpha value is -1.20. The Morgan fingerprint density at radius 3 is 3.00 bits per heavy atom. The first kappa shape index (κ1) is 15.7. The average Bonchev–Trinajstić information content (AvgIpc) is 2.80. The fourth-order valence-electron chi connectivity index (χ4n) is 3.32. The molecule has 3 rings (SSSR count). The minimum absolute atomic E-state index is 0.535. The third kappa shape index (κ3) is 3.10. The van der Waals surface area contributed by atoms with Crippen molar-refractivity contribution in [2.45, 2.75) is 46.6 Å². The highest BCUT2D eigenvalue weighted by molar-refractivity contribution is 7.18. The van der Waals surface area contributed by atoms with Gasteiger partial charge < -0.3 is 5.32 Å². The van der Waals surface area contributed by atoms with Gasteiger partial charge in [-0.3, -0.25) is 4.90 Å². The lowest BCUT2D eigenvalue weighted by molar-refractivity contribution is 0.144. The lowest BCUT2D eigenvalue weighted by Gasteiger charge is -2.35. The van der Waals surface area contributed by atoms with Gasteiger partial charge in [-0.1, -0.05) is 6.92 Å². The summed E-state index contributed by atoms with van der Waals surface area (Å²) in [4.78, 5) is 13.9. The molecule has 2 aromatic heterocycles. The molecule has 0 saturated carbocycles. The van der Waals surface area contributed by atoms with Crippen LogP contribution in [0.15, 0.2) is 6.33 Å². The molecule has 2 aromatic rings. The minimum atomic E-state index is 0.535. The van der Waals surface area contributed by atoms with Gasteiger partial charge in [0.2, 0.25) is 0 Å². The third-order valence-electron chi connectivity index (χ3n) is 4.84. The summed E-state index contributed by atoms with van der Waals surface area (Å²) >= 11 is 1.75. The van der Waals surface area contributed by atoms with Gasteiger partial charge in [-0.25, -0.2) is 9.97 Å². The Morgan fingerprint density at radius 1 is 1.41 bits per heavy atom. The summed E-state index contributed by atoms with van der Waals surface area (Å²) in [5, 5.41) is 4.77. The van der Waals surface area contributed by atoms with E-state index in [4.69, 9.17) is 0 Å². The number of piperidine rings is 1. The van der Waals surface area contributed by atoms with Crippen molar-refractivity contribution < 1.29 is 0 Å². The van der Waals surface area contributed by atoms with Gasteiger partial charge in [-0.05, 0) is 51.6 Å². The van der Waals surface area contributed by atoms with Crippen molar-refractivity contribution in [3.63, 3.8) is 0 Å². The molecule has 0 amide bonds. The van der Waals surface area contributed by atoms with Crippen molar-refractivity contribution in [2.75, 3.05) is 25.0 Å². The second kappa shape index (κ2) is 6.50. The van der Waals surface area contributed by atoms with Crippen LogP contribution in [0.25, 0.3) is 10.2 Å². The number of anilines is 1. The maximum absolute atomic E-state index is 4.48. The summed E-state index contributed by atoms with van der Waals surface area (Å²) in [5.74, 6) is 1.81. The number of fused-ring (bicyclic) bond motifs is 1. The zero-order chi connectivity index (χ0) is 15.7. The van der Waals surface area contributed by atoms with Crippen LogP contribution in [-0.4, -0.2) is 40.5 Å². The topological polar surface area (TPSA) is 41.1 Å². The number of rotatable bonds is 4. The van der Waals surface area contributed by atoms with Crippen LogP contribution in [0, 0.1) is 19.8 Å². The first-order chi connectivity index (χ1) is 10.6. The molecule has 0 radical (unpaired) electrons. The van der Waals surface area contributed by atoms with Crippen LogP contribution in [-0.2, 0) is 0 Å². The van der Waals surface area contributed by atoms with E-state index in [1.54, 1.807) is 17.7 Å². The average molecular weight is 318 g/mol. The van der Waals surface area contributed by atoms with E-state index in [0.29, 0.717) is 6.04 Å². The molecule has 1 aliphatic heterocycles. The van der Waals surface area contributed by atoms with Crippen LogP contribution >= 0.6 is 11.3 Å². The standard InChI is InChI=1S/C17H26N4S/c1-11-6-5-7-21(9-11)12(2)8-18-16-15-13(3)14(4)22-17(15)20-10-19-16/h10-12H,5-9H2,1-4H3,(H,18,19,20)/t11-,12-/m1/s1. The molecular weight excluding hydrogens is 292 g/mol. The van der Waals surface area contributed by atoms with Crippen LogP contribution in [0.2, 0.25) is 0 Å². The summed E-state index contributed by atoms with van der Waals surface area (Å²) in [6.07, 6.45) is 4.37. The molecule has 5 heteroatoms. The van der Waals surface area contributed by atoms with E-state index in [1.165, 1.54) is 41.8 Å². The Labute approximate surface area is 137 Å². The number of thiophene rings is 1. The SMILES string of the molecule is Cc1sc2ncnc(NC[C@@H](C)N3CCC[C@@H](C)C3)c2c1C. The van der Waals surface area contributed by atoms with Crippen molar-refractivity contribution in [1.82, 2.24) is 14.9 Å². The van der Waals surface area contributed by atoms with E-state index in [-0.39, 0.29) is 0 Å². The number of hydrogen-bond acceptors (Lipinski definition) is 5. The summed E-state index contributed by atoms with van der Waals surface area (Å²) in [7, 11) is 0. The van der Waals surface area contributed by atoms with Crippen molar-refractivity contribution in [3.05, 3.63) is 16.8 Å². The zero-order valence-corrected chi connectivity index (χ0v) is 14.8. The molecule has 1 saturated heterocycles. The second-order valence-electron chi connectivity index (χ2n) is 6.66. The monoisotopic (exact) mass is 318 g/mol. The highest BCUT2D eigenvalue weighted by atomic mass is 32.1. The lowest BCUT2D eigenvalue weighted by Crippen LogP contribution is -2.43. The molecule has 0 bridgehead atoms. The normalized spacial score (nSPS) is 21.2. The molecule has 0 aromatic carbocycles. The molecule has 4 nitrogen and oxygen atoms in total. The molecule has 0 aliphatic carbocycles. The molecule has 0 spiro atoms. The maximum Gasteiger partial charge on any atom is 0.138 e. The molecule has 22 heavy (non-hydrogen) atoms. The number of likely N-dealkylation sites (tertiary alicyclic amines) is 1. The van der Waals surface area contributed by atoms with Crippen LogP contribution in [0.5, 0.6) is 0 Å². The van der Waals surface area contributed by atoms with E-state index in [1.807, 2.05) is 0 Å². The van der Waals surface area contributed by atoms with E-state index < -0.39 is 0 Å². The van der Waals surface area contributed by atoms with Crippen LogP contribution < -0.4 is 5.32 Å². The van der Waals surface area contributed by atoms with Crippen LogP contribution in [0.4, 0.5) is 5.82 Å². The van der Waals surface area contributed by atoms with E-state index in [9.17, 15) is 0 Å². The summed E-state index contributed by atoms with van der Waals surface area (Å²) in [6.45, 7) is 12.4. The third-order valence-corrected chi connectivity index (χ3v) is 5.96. The summed E-state index contributed by atoms with van der Waals surface area (Å²) < 4.78 is 0. The van der Waals surface area contributed by atoms with E-state index in [0.717, 1.165) is 23.1 Å². The highest BCUT2D eigenvalue weighted by Crippen LogP contribution is 2.32. The van der Waals surface area contributed by atoms with Crippen molar-refractivity contribution in [2.24, 2.45) is 5.92 Å². The fraction of sp³-hybridized carbons (Fsp3) is 0.647. The quantitative estimate of drug-likeness (QED) is 0.930. The molecule has 3 heterocycles. The number of nitrogens with zero attached hydrogens (tertiary/aromatic N) is 3. The molecule has 0 unspecified atom stereocenters. The summed E-state index contributed by atoms with van der Waals surface area (Å²) in [5.41, 5.74) is 1.31. The highest BCUT2D eigenvalue weighted by Gasteiger charge is 2.21. The molecule has 1 fully saturated rings. The number of nitrogens with one attached hydrogen (secondary N) is 1. The lowest BCUT2D eigenvalue weighted by atomic mass is 9.99. The molecule has 1 aliphatic rings. The van der Waals surface area contributed by atoms with Crippen molar-refractivity contribution in [3.8, 4) is 0 Å². The first-order valence-corrected chi connectivity index (χ1v) is 9.06. The van der Waals surface area contributed by atoms with Crippen LogP contribution in [0.1, 0.15) is 37.1 Å². The van der Waals surface area contributed by atoms with Gasteiger partial charge in [0.15, 0.2) is 0 Å². The number of hydrogen-bond donors (Lipinski definition) is 1. The molecule has 120 valence electrons. The summed E-state index contributed by atoms with van der Waals surface area (Å²) in [6, 6.07) is 0.535. The predicted octanol–water partition coefficient (Wildman–Crippen LogP) is 3.84. The Bertz CT molecular complexity index is 651. The Kier molecular flexibility index (Phi) is 4.64. The van der Waals surface area contributed by atoms with E-state index >= 15 is 0 Å². The Balaban J connectivity index is 1.71.